The molecule has 0 spiro atoms. The van der Waals surface area contributed by atoms with Crippen molar-refractivity contribution < 1.29 is 19.1 Å². The molecule has 3 aliphatic heterocycles. The molecule has 10 heteroatoms. The first-order valence-corrected chi connectivity index (χ1v) is 13.1. The van der Waals surface area contributed by atoms with E-state index in [9.17, 15) is 9.59 Å². The summed E-state index contributed by atoms with van der Waals surface area (Å²) in [5.41, 5.74) is 4.82. The first-order chi connectivity index (χ1) is 18.0. The summed E-state index contributed by atoms with van der Waals surface area (Å²) in [5.74, 6) is 0.374. The number of carbonyl (C=O) groups excluding carboxylic acids is 2. The lowest BCUT2D eigenvalue weighted by Crippen LogP contribution is -2.50. The number of rotatable bonds is 6. The quantitative estimate of drug-likeness (QED) is 0.490. The van der Waals surface area contributed by atoms with Crippen LogP contribution >= 0.6 is 15.9 Å². The third kappa shape index (κ3) is 3.90. The number of hydrogen-bond donors (Lipinski definition) is 0. The van der Waals surface area contributed by atoms with Crippen LogP contribution in [0.5, 0.6) is 0 Å². The number of benzene rings is 1. The van der Waals surface area contributed by atoms with Gasteiger partial charge in [-0.25, -0.2) is 14.8 Å². The van der Waals surface area contributed by atoms with E-state index in [1.807, 2.05) is 30.0 Å². The Hall–Kier alpha value is -3.66. The molecular formula is C27H26BrN5O4. The third-order valence-electron chi connectivity index (χ3n) is 7.17. The summed E-state index contributed by atoms with van der Waals surface area (Å²) in [5, 5.41) is 0. The highest BCUT2D eigenvalue weighted by atomic mass is 79.9. The van der Waals surface area contributed by atoms with Crippen molar-refractivity contribution in [2.45, 2.75) is 38.8 Å². The minimum Gasteiger partial charge on any atom is -0.471 e. The molecule has 9 nitrogen and oxygen atoms in total. The van der Waals surface area contributed by atoms with Gasteiger partial charge in [-0.1, -0.05) is 30.3 Å². The van der Waals surface area contributed by atoms with E-state index >= 15 is 0 Å². The predicted octanol–water partition coefficient (Wildman–Crippen LogP) is 4.17. The van der Waals surface area contributed by atoms with Crippen molar-refractivity contribution in [1.29, 1.82) is 0 Å². The van der Waals surface area contributed by atoms with Crippen molar-refractivity contribution in [3.8, 4) is 0 Å². The Kier molecular flexibility index (Phi) is 5.98. The fraction of sp³-hybridized carbons (Fsp3) is 0.333. The van der Waals surface area contributed by atoms with Crippen LogP contribution in [0.25, 0.3) is 0 Å². The Balaban J connectivity index is 1.43. The summed E-state index contributed by atoms with van der Waals surface area (Å²) in [4.78, 5) is 40.0. The SMILES string of the molecule is CCN1C(=O)c2c(nc(C(=O)OC)n2CC2=C3C(Br)=COC=C3CC2)N2C[C@@H](Cc3ccccc3)N=C12. The molecular weight excluding hydrogens is 538 g/mol. The second-order valence-electron chi connectivity index (χ2n) is 9.34. The van der Waals surface area contributed by atoms with Gasteiger partial charge in [0, 0.05) is 13.1 Å². The first-order valence-electron chi connectivity index (χ1n) is 12.3. The lowest BCUT2D eigenvalue weighted by atomic mass is 10.1. The van der Waals surface area contributed by atoms with Crippen LogP contribution in [0.3, 0.4) is 0 Å². The van der Waals surface area contributed by atoms with Crippen LogP contribution in [0.4, 0.5) is 5.82 Å². The van der Waals surface area contributed by atoms with Gasteiger partial charge in [-0.3, -0.25) is 14.6 Å². The Morgan fingerprint density at radius 1 is 1.22 bits per heavy atom. The monoisotopic (exact) mass is 563 g/mol. The molecule has 6 rings (SSSR count). The molecule has 0 unspecified atom stereocenters. The number of nitrogens with zero attached hydrogens (tertiary/aromatic N) is 5. The number of halogens is 1. The van der Waals surface area contributed by atoms with E-state index in [0.717, 1.165) is 40.5 Å². The summed E-state index contributed by atoms with van der Waals surface area (Å²) in [6, 6.07) is 10.1. The number of hydrogen-bond acceptors (Lipinski definition) is 7. The number of methoxy groups -OCH3 is 1. The van der Waals surface area contributed by atoms with Gasteiger partial charge in [0.1, 0.15) is 6.26 Å². The van der Waals surface area contributed by atoms with E-state index in [1.165, 1.54) is 12.7 Å². The molecule has 1 aliphatic carbocycles. The number of anilines is 1. The Labute approximate surface area is 222 Å². The highest BCUT2D eigenvalue weighted by molar-refractivity contribution is 9.12. The van der Waals surface area contributed by atoms with Gasteiger partial charge in [-0.05, 0) is 64.4 Å². The summed E-state index contributed by atoms with van der Waals surface area (Å²) in [6.07, 6.45) is 5.78. The van der Waals surface area contributed by atoms with Gasteiger partial charge >= 0.3 is 5.97 Å². The number of aromatic nitrogens is 2. The maximum Gasteiger partial charge on any atom is 0.374 e. The van der Waals surface area contributed by atoms with Crippen molar-refractivity contribution in [2.75, 3.05) is 25.1 Å². The molecule has 190 valence electrons. The van der Waals surface area contributed by atoms with E-state index in [4.69, 9.17) is 14.5 Å². The zero-order chi connectivity index (χ0) is 25.7. The van der Waals surface area contributed by atoms with Crippen LogP contribution < -0.4 is 4.90 Å². The maximum atomic E-state index is 13.9. The van der Waals surface area contributed by atoms with Gasteiger partial charge in [-0.15, -0.1) is 0 Å². The summed E-state index contributed by atoms with van der Waals surface area (Å²) in [6.45, 7) is 3.31. The normalized spacial score (nSPS) is 20.1. The molecule has 1 aromatic carbocycles. The summed E-state index contributed by atoms with van der Waals surface area (Å²) >= 11 is 3.60. The number of aliphatic imine (C=N–C) groups is 1. The largest absolute Gasteiger partial charge is 0.471 e. The Bertz CT molecular complexity index is 1420. The Morgan fingerprint density at radius 3 is 2.78 bits per heavy atom. The predicted molar refractivity (Wildman–Crippen MR) is 141 cm³/mol. The van der Waals surface area contributed by atoms with Gasteiger partial charge in [0.25, 0.3) is 5.91 Å². The molecule has 0 N–H and O–H groups in total. The summed E-state index contributed by atoms with van der Waals surface area (Å²) in [7, 11) is 1.33. The third-order valence-corrected chi connectivity index (χ3v) is 7.75. The van der Waals surface area contributed by atoms with Crippen LogP contribution in [-0.4, -0.2) is 58.5 Å². The molecule has 1 atom stereocenters. The fourth-order valence-electron chi connectivity index (χ4n) is 5.49. The molecule has 0 fully saturated rings. The summed E-state index contributed by atoms with van der Waals surface area (Å²) < 4.78 is 13.1. The number of fused-ring (bicyclic) bond motifs is 4. The molecule has 0 bridgehead atoms. The standard InChI is InChI=1S/C27H26BrN5O4/c1-3-31-25(34)22-23(33-13-19(29-27(31)33)11-16-7-5-4-6-8-16)30-24(26(35)36-2)32(22)12-17-9-10-18-14-37-15-20(28)21(17)18/h4-8,14-15,19H,3,9-13H2,1-2H3/t19-/m1/s1. The number of imidazole rings is 1. The highest BCUT2D eigenvalue weighted by Gasteiger charge is 2.44. The van der Waals surface area contributed by atoms with Crippen LogP contribution in [-0.2, 0) is 22.4 Å². The van der Waals surface area contributed by atoms with Crippen molar-refractivity contribution >= 4 is 39.6 Å². The molecule has 37 heavy (non-hydrogen) atoms. The molecule has 1 amide bonds. The zero-order valence-corrected chi connectivity index (χ0v) is 22.2. The first kappa shape index (κ1) is 23.7. The topological polar surface area (TPSA) is 89.3 Å². The molecule has 0 saturated heterocycles. The number of carbonyl (C=O) groups is 2. The number of allylic oxidation sites excluding steroid dienone is 4. The Morgan fingerprint density at radius 2 is 2.03 bits per heavy atom. The lowest BCUT2D eigenvalue weighted by molar-refractivity contribution is 0.0581. The van der Waals surface area contributed by atoms with Gasteiger partial charge in [-0.2, -0.15) is 0 Å². The van der Waals surface area contributed by atoms with Crippen LogP contribution in [0.2, 0.25) is 0 Å². The van der Waals surface area contributed by atoms with Gasteiger partial charge < -0.3 is 14.0 Å². The van der Waals surface area contributed by atoms with Gasteiger partial charge in [0.05, 0.1) is 30.4 Å². The maximum absolute atomic E-state index is 13.9. The molecule has 4 heterocycles. The van der Waals surface area contributed by atoms with Crippen LogP contribution in [0.15, 0.2) is 69.1 Å². The van der Waals surface area contributed by atoms with E-state index in [1.54, 1.807) is 22.0 Å². The van der Waals surface area contributed by atoms with E-state index < -0.39 is 5.97 Å². The van der Waals surface area contributed by atoms with Crippen molar-refractivity contribution in [3.05, 3.63) is 81.1 Å². The second-order valence-corrected chi connectivity index (χ2v) is 10.2. The molecule has 0 radical (unpaired) electrons. The van der Waals surface area contributed by atoms with E-state index in [2.05, 4.69) is 33.0 Å². The van der Waals surface area contributed by atoms with E-state index in [0.29, 0.717) is 37.1 Å². The fourth-order valence-corrected chi connectivity index (χ4v) is 6.13. The van der Waals surface area contributed by atoms with Gasteiger partial charge in [0.15, 0.2) is 11.5 Å². The number of guanidine groups is 1. The van der Waals surface area contributed by atoms with Crippen LogP contribution in [0.1, 0.15) is 46.4 Å². The molecule has 2 aromatic rings. The molecule has 4 aliphatic rings. The average molecular weight is 564 g/mol. The molecule has 1 aromatic heterocycles. The number of esters is 1. The average Bonchev–Trinajstić information content (AvgIpc) is 3.61. The second kappa shape index (κ2) is 9.33. The van der Waals surface area contributed by atoms with Crippen molar-refractivity contribution in [2.24, 2.45) is 4.99 Å². The lowest BCUT2D eigenvalue weighted by Gasteiger charge is -2.33. The number of amides is 1. The minimum atomic E-state index is -0.579. The van der Waals surface area contributed by atoms with Crippen molar-refractivity contribution in [3.63, 3.8) is 0 Å². The van der Waals surface area contributed by atoms with Crippen LogP contribution in [0, 0.1) is 0 Å². The smallest absolute Gasteiger partial charge is 0.374 e. The van der Waals surface area contributed by atoms with Gasteiger partial charge in [0.2, 0.25) is 11.8 Å². The number of ether oxygens (including phenoxy) is 2. The highest BCUT2D eigenvalue weighted by Crippen LogP contribution is 2.42. The molecule has 0 saturated carbocycles. The van der Waals surface area contributed by atoms with Crippen molar-refractivity contribution in [1.82, 2.24) is 14.5 Å². The minimum absolute atomic E-state index is 0.0345. The zero-order valence-electron chi connectivity index (χ0n) is 20.6. The van der Waals surface area contributed by atoms with E-state index in [-0.39, 0.29) is 17.8 Å².